The number of likely N-dealkylation sites (tertiary alicyclic amines) is 1. The predicted octanol–water partition coefficient (Wildman–Crippen LogP) is 5.64. The first-order valence-electron chi connectivity index (χ1n) is 11.8. The van der Waals surface area contributed by atoms with E-state index in [-0.39, 0.29) is 35.5 Å². The van der Waals surface area contributed by atoms with Crippen LogP contribution >= 0.6 is 11.3 Å². The molecule has 2 heterocycles. The quantitative estimate of drug-likeness (QED) is 0.480. The minimum absolute atomic E-state index is 0.0481. The van der Waals surface area contributed by atoms with Gasteiger partial charge in [0.25, 0.3) is 11.8 Å². The van der Waals surface area contributed by atoms with Gasteiger partial charge < -0.3 is 10.2 Å². The van der Waals surface area contributed by atoms with E-state index < -0.39 is 17.6 Å². The van der Waals surface area contributed by atoms with Crippen LogP contribution in [0.2, 0.25) is 0 Å². The van der Waals surface area contributed by atoms with Gasteiger partial charge in [-0.25, -0.2) is 4.98 Å². The molecule has 0 bridgehead atoms. The number of carbonyl (C=O) groups excluding carboxylic acids is 2. The highest BCUT2D eigenvalue weighted by Crippen LogP contribution is 2.50. The van der Waals surface area contributed by atoms with Gasteiger partial charge in [-0.15, -0.1) is 11.3 Å². The van der Waals surface area contributed by atoms with Crippen molar-refractivity contribution >= 4 is 23.2 Å². The number of benzene rings is 2. The van der Waals surface area contributed by atoms with E-state index in [2.05, 4.69) is 10.3 Å². The Hall–Kier alpha value is -3.20. The average molecular weight is 514 g/mol. The Morgan fingerprint density at radius 1 is 1.14 bits per heavy atom. The van der Waals surface area contributed by atoms with Crippen molar-refractivity contribution in [2.75, 3.05) is 13.1 Å². The number of nitrogens with one attached hydrogen (secondary N) is 1. The lowest BCUT2D eigenvalue weighted by molar-refractivity contribution is -0.138. The molecule has 1 aliphatic heterocycles. The Kier molecular flexibility index (Phi) is 6.14. The smallest absolute Gasteiger partial charge is 0.350 e. The Morgan fingerprint density at radius 3 is 2.64 bits per heavy atom. The van der Waals surface area contributed by atoms with E-state index in [9.17, 15) is 22.8 Å². The number of nitrogens with zero attached hydrogens (tertiary/aromatic N) is 2. The number of aryl methyl sites for hydroxylation is 3. The molecule has 36 heavy (non-hydrogen) atoms. The van der Waals surface area contributed by atoms with Gasteiger partial charge in [0.2, 0.25) is 0 Å². The number of halogens is 3. The van der Waals surface area contributed by atoms with Gasteiger partial charge in [0.1, 0.15) is 5.69 Å². The second-order valence-electron chi connectivity index (χ2n) is 9.70. The number of alkyl halides is 3. The zero-order valence-electron chi connectivity index (χ0n) is 20.1. The maximum absolute atomic E-state index is 13.7. The van der Waals surface area contributed by atoms with E-state index in [4.69, 9.17) is 0 Å². The van der Waals surface area contributed by atoms with Gasteiger partial charge in [-0.05, 0) is 62.3 Å². The predicted molar refractivity (Wildman–Crippen MR) is 132 cm³/mol. The molecule has 5 nitrogen and oxygen atoms in total. The summed E-state index contributed by atoms with van der Waals surface area (Å²) < 4.78 is 39.8. The van der Waals surface area contributed by atoms with Crippen LogP contribution in [0.1, 0.15) is 49.0 Å². The first kappa shape index (κ1) is 24.5. The molecule has 188 valence electrons. The van der Waals surface area contributed by atoms with Crippen LogP contribution in [0.4, 0.5) is 13.2 Å². The Labute approximate surface area is 211 Å². The van der Waals surface area contributed by atoms with E-state index in [0.29, 0.717) is 18.2 Å². The third-order valence-corrected chi connectivity index (χ3v) is 8.08. The number of piperidine rings is 1. The molecule has 2 aliphatic rings. The van der Waals surface area contributed by atoms with E-state index >= 15 is 0 Å². The number of fused-ring (bicyclic) bond motifs is 1. The van der Waals surface area contributed by atoms with Crippen LogP contribution < -0.4 is 5.32 Å². The van der Waals surface area contributed by atoms with Crippen molar-refractivity contribution in [1.82, 2.24) is 15.2 Å². The van der Waals surface area contributed by atoms with Gasteiger partial charge in [-0.1, -0.05) is 35.9 Å². The summed E-state index contributed by atoms with van der Waals surface area (Å²) in [4.78, 5) is 33.6. The topological polar surface area (TPSA) is 62.3 Å². The first-order valence-corrected chi connectivity index (χ1v) is 12.7. The Morgan fingerprint density at radius 2 is 1.92 bits per heavy atom. The summed E-state index contributed by atoms with van der Waals surface area (Å²) in [7, 11) is 0. The van der Waals surface area contributed by atoms with Crippen molar-refractivity contribution in [3.63, 3.8) is 0 Å². The van der Waals surface area contributed by atoms with Crippen molar-refractivity contribution in [3.05, 3.63) is 75.4 Å². The molecular weight excluding hydrogens is 487 g/mol. The normalized spacial score (nSPS) is 20.8. The second-order valence-corrected chi connectivity index (χ2v) is 10.9. The molecule has 3 atom stereocenters. The number of hydrogen-bond donors (Lipinski definition) is 1. The number of carbonyl (C=O) groups is 2. The summed E-state index contributed by atoms with van der Waals surface area (Å²) in [6, 6.07) is 11.3. The van der Waals surface area contributed by atoms with Gasteiger partial charge in [0, 0.05) is 18.7 Å². The second kappa shape index (κ2) is 9.03. The third-order valence-electron chi connectivity index (χ3n) is 7.06. The maximum atomic E-state index is 13.7. The van der Waals surface area contributed by atoms with Crippen molar-refractivity contribution in [2.45, 2.75) is 39.4 Å². The first-order chi connectivity index (χ1) is 17.0. The number of amides is 2. The number of thiazole rings is 1. The highest BCUT2D eigenvalue weighted by atomic mass is 32.1. The fourth-order valence-electron chi connectivity index (χ4n) is 5.12. The molecule has 9 heteroatoms. The molecule has 0 unspecified atom stereocenters. The molecule has 2 fully saturated rings. The number of rotatable bonds is 5. The molecule has 0 spiro atoms. The van der Waals surface area contributed by atoms with Crippen LogP contribution in [0.25, 0.3) is 10.4 Å². The molecular formula is C27H26F3N3O2S. The van der Waals surface area contributed by atoms with Crippen molar-refractivity contribution in [2.24, 2.45) is 11.8 Å². The standard InChI is InChI=1S/C27H26F3N3O2S/c1-14-5-4-6-17(9-14)24-23(32-16(3)36-24)26(35)33-13-19-10-20(19)22(33)12-31-25(34)18-8-7-15(2)21(11-18)27(28,29)30/h4-9,11,19-20,22H,10,12-13H2,1-3H3,(H,31,34)/t19-,20-,22+/m0/s1. The van der Waals surface area contributed by atoms with Gasteiger partial charge in [-0.2, -0.15) is 13.2 Å². The van der Waals surface area contributed by atoms with E-state index in [1.165, 1.54) is 30.4 Å². The molecule has 0 radical (unpaired) electrons. The highest BCUT2D eigenvalue weighted by molar-refractivity contribution is 7.15. The van der Waals surface area contributed by atoms with E-state index in [1.54, 1.807) is 4.90 Å². The SMILES string of the molecule is Cc1cccc(-c2sc(C)nc2C(=O)N2C[C@@H]3C[C@@H]3[C@H]2CNC(=O)c2ccc(C)c(C(F)(F)F)c2)c1. The van der Waals surface area contributed by atoms with Crippen molar-refractivity contribution in [3.8, 4) is 10.4 Å². The fraction of sp³-hybridized carbons (Fsp3) is 0.370. The van der Waals surface area contributed by atoms with Crippen molar-refractivity contribution < 1.29 is 22.8 Å². The fourth-order valence-corrected chi connectivity index (χ4v) is 6.03. The van der Waals surface area contributed by atoms with Crippen LogP contribution in [-0.4, -0.2) is 40.8 Å². The molecule has 5 rings (SSSR count). The summed E-state index contributed by atoms with van der Waals surface area (Å²) in [5.74, 6) is -0.0895. The van der Waals surface area contributed by atoms with Crippen LogP contribution in [-0.2, 0) is 6.18 Å². The third kappa shape index (κ3) is 4.64. The zero-order valence-corrected chi connectivity index (χ0v) is 21.0. The van der Waals surface area contributed by atoms with E-state index in [1.807, 2.05) is 38.1 Å². The molecule has 1 saturated heterocycles. The molecule has 2 amide bonds. The zero-order chi connectivity index (χ0) is 25.8. The summed E-state index contributed by atoms with van der Waals surface area (Å²) in [6.45, 7) is 6.01. The summed E-state index contributed by atoms with van der Waals surface area (Å²) >= 11 is 1.48. The summed E-state index contributed by atoms with van der Waals surface area (Å²) in [5.41, 5.74) is 1.64. The highest BCUT2D eigenvalue weighted by Gasteiger charge is 2.54. The summed E-state index contributed by atoms with van der Waals surface area (Å²) in [6.07, 6.45) is -3.55. The molecule has 1 N–H and O–H groups in total. The molecule has 1 saturated carbocycles. The lowest BCUT2D eigenvalue weighted by Crippen LogP contribution is -2.45. The Bertz CT molecular complexity index is 1350. The number of aromatic nitrogens is 1. The molecule has 1 aliphatic carbocycles. The minimum Gasteiger partial charge on any atom is -0.350 e. The van der Waals surface area contributed by atoms with Gasteiger partial charge >= 0.3 is 6.18 Å². The van der Waals surface area contributed by atoms with Crippen LogP contribution in [0, 0.1) is 32.6 Å². The minimum atomic E-state index is -4.53. The monoisotopic (exact) mass is 513 g/mol. The lowest BCUT2D eigenvalue weighted by Gasteiger charge is -2.27. The number of hydrogen-bond acceptors (Lipinski definition) is 4. The van der Waals surface area contributed by atoms with Crippen molar-refractivity contribution in [1.29, 1.82) is 0 Å². The van der Waals surface area contributed by atoms with Crippen LogP contribution in [0.5, 0.6) is 0 Å². The maximum Gasteiger partial charge on any atom is 0.416 e. The summed E-state index contributed by atoms with van der Waals surface area (Å²) in [5, 5.41) is 3.57. The van der Waals surface area contributed by atoms with Crippen LogP contribution in [0.3, 0.4) is 0 Å². The van der Waals surface area contributed by atoms with Gasteiger partial charge in [0.05, 0.1) is 21.5 Å². The molecule has 3 aromatic rings. The van der Waals surface area contributed by atoms with Crippen LogP contribution in [0.15, 0.2) is 42.5 Å². The Balaban J connectivity index is 1.34. The van der Waals surface area contributed by atoms with Gasteiger partial charge in [0.15, 0.2) is 0 Å². The largest absolute Gasteiger partial charge is 0.416 e. The molecule has 1 aromatic heterocycles. The van der Waals surface area contributed by atoms with Gasteiger partial charge in [-0.3, -0.25) is 9.59 Å². The molecule has 2 aromatic carbocycles. The van der Waals surface area contributed by atoms with E-state index in [0.717, 1.165) is 33.5 Å². The average Bonchev–Trinajstić information content (AvgIpc) is 3.33. The lowest BCUT2D eigenvalue weighted by atomic mass is 10.0.